The fourth-order valence-electron chi connectivity index (χ4n) is 6.31. The van der Waals surface area contributed by atoms with Crippen molar-refractivity contribution in [2.75, 3.05) is 11.5 Å². The second-order valence-electron chi connectivity index (χ2n) is 13.5. The van der Waals surface area contributed by atoms with Crippen molar-refractivity contribution >= 4 is 23.5 Å². The molecule has 0 aliphatic rings. The Morgan fingerprint density at radius 3 is 1.16 bits per heavy atom. The van der Waals surface area contributed by atoms with E-state index in [9.17, 15) is 5.11 Å². The van der Waals surface area contributed by atoms with Gasteiger partial charge in [0, 0.05) is 17.1 Å². The molecular formula is C41H76OS2. The third-order valence-corrected chi connectivity index (χ3v) is 11.5. The smallest absolute Gasteiger partial charge is 0.119 e. The molecule has 44 heavy (non-hydrogen) atoms. The lowest BCUT2D eigenvalue weighted by atomic mass is 9.97. The molecule has 0 unspecified atom stereocenters. The van der Waals surface area contributed by atoms with Crippen molar-refractivity contribution < 1.29 is 5.11 Å². The Balaban J connectivity index is 2.45. The topological polar surface area (TPSA) is 20.2 Å². The molecule has 0 fully saturated rings. The van der Waals surface area contributed by atoms with E-state index < -0.39 is 0 Å². The van der Waals surface area contributed by atoms with E-state index in [-0.39, 0.29) is 0 Å². The number of rotatable bonds is 34. The maximum absolute atomic E-state index is 11.0. The lowest BCUT2D eigenvalue weighted by Crippen LogP contribution is -2.01. The predicted octanol–water partition coefficient (Wildman–Crippen LogP) is 15.0. The number of aryl methyl sites for hydroxylation is 1. The molecule has 0 saturated heterocycles. The van der Waals surface area contributed by atoms with E-state index in [0.29, 0.717) is 5.75 Å². The van der Waals surface area contributed by atoms with Crippen LogP contribution in [0.25, 0.3) is 0 Å². The minimum atomic E-state index is 0.540. The van der Waals surface area contributed by atoms with Crippen molar-refractivity contribution in [1.29, 1.82) is 0 Å². The molecule has 0 spiro atoms. The van der Waals surface area contributed by atoms with Gasteiger partial charge in [0.1, 0.15) is 5.75 Å². The summed E-state index contributed by atoms with van der Waals surface area (Å²) in [5.74, 6) is 5.07. The third kappa shape index (κ3) is 24.0. The van der Waals surface area contributed by atoms with Gasteiger partial charge in [-0.2, -0.15) is 23.5 Å². The number of benzene rings is 1. The molecule has 0 saturated carbocycles. The quantitative estimate of drug-likeness (QED) is 0.0751. The van der Waals surface area contributed by atoms with E-state index in [0.717, 1.165) is 11.5 Å². The molecule has 0 aliphatic heterocycles. The summed E-state index contributed by atoms with van der Waals surface area (Å²) in [6.45, 7) is 6.90. The van der Waals surface area contributed by atoms with Crippen LogP contribution in [0.1, 0.15) is 211 Å². The predicted molar refractivity (Wildman–Crippen MR) is 206 cm³/mol. The number of phenolic OH excluding ortho intramolecular Hbond substituents is 1. The maximum Gasteiger partial charge on any atom is 0.119 e. The van der Waals surface area contributed by atoms with Crippen molar-refractivity contribution in [3.8, 4) is 5.75 Å². The average molecular weight is 649 g/mol. The zero-order valence-electron chi connectivity index (χ0n) is 30.0. The van der Waals surface area contributed by atoms with E-state index >= 15 is 0 Å². The van der Waals surface area contributed by atoms with E-state index in [1.54, 1.807) is 0 Å². The first-order valence-corrected chi connectivity index (χ1v) is 22.0. The van der Waals surface area contributed by atoms with Crippen molar-refractivity contribution in [3.63, 3.8) is 0 Å². The Labute approximate surface area is 285 Å². The first-order valence-electron chi connectivity index (χ1n) is 19.7. The van der Waals surface area contributed by atoms with Crippen LogP contribution in [0.4, 0.5) is 0 Å². The van der Waals surface area contributed by atoms with Crippen LogP contribution in [-0.4, -0.2) is 16.6 Å². The second kappa shape index (κ2) is 32.7. The molecule has 0 atom stereocenters. The third-order valence-electron chi connectivity index (χ3n) is 9.33. The molecular weight excluding hydrogens is 573 g/mol. The van der Waals surface area contributed by atoms with Gasteiger partial charge in [0.25, 0.3) is 0 Å². The van der Waals surface area contributed by atoms with Crippen LogP contribution in [0.3, 0.4) is 0 Å². The van der Waals surface area contributed by atoms with Gasteiger partial charge < -0.3 is 5.11 Å². The van der Waals surface area contributed by atoms with Gasteiger partial charge in [0.15, 0.2) is 0 Å². The Kier molecular flexibility index (Phi) is 31.0. The SMILES string of the molecule is CCCCCCCCCCCCSCc1c(O)ccc(CCCCCCCCC)c1CSCCCCCCCCCCCC. The van der Waals surface area contributed by atoms with Gasteiger partial charge in [-0.05, 0) is 54.4 Å². The normalized spacial score (nSPS) is 11.5. The van der Waals surface area contributed by atoms with E-state index in [2.05, 4.69) is 50.4 Å². The standard InChI is InChI=1S/C41H76OS2/c1-4-7-10-13-16-18-20-23-26-29-34-43-36-39-38(31-28-25-22-15-12-9-6-3)32-33-41(42)40(39)37-44-35-30-27-24-21-19-17-14-11-8-5-2/h32-33,42H,4-31,34-37H2,1-3H3. The van der Waals surface area contributed by atoms with Crippen LogP contribution in [0, 0.1) is 0 Å². The van der Waals surface area contributed by atoms with Crippen LogP contribution < -0.4 is 0 Å². The summed E-state index contributed by atoms with van der Waals surface area (Å²) in [7, 11) is 0. The van der Waals surface area contributed by atoms with Gasteiger partial charge in [-0.1, -0.05) is 181 Å². The molecule has 0 heterocycles. The second-order valence-corrected chi connectivity index (χ2v) is 15.8. The van der Waals surface area contributed by atoms with Gasteiger partial charge in [-0.3, -0.25) is 0 Å². The largest absolute Gasteiger partial charge is 0.508 e. The molecule has 1 aromatic rings. The van der Waals surface area contributed by atoms with Gasteiger partial charge >= 0.3 is 0 Å². The Bertz CT molecular complexity index is 734. The summed E-state index contributed by atoms with van der Waals surface area (Å²) in [6, 6.07) is 4.25. The molecule has 0 amide bonds. The van der Waals surface area contributed by atoms with Crippen LogP contribution in [0.5, 0.6) is 5.75 Å². The Morgan fingerprint density at radius 1 is 0.409 bits per heavy atom. The number of aromatic hydroxyl groups is 1. The zero-order valence-corrected chi connectivity index (χ0v) is 31.7. The fourth-order valence-corrected chi connectivity index (χ4v) is 8.50. The molecule has 0 aromatic heterocycles. The highest BCUT2D eigenvalue weighted by Gasteiger charge is 2.14. The monoisotopic (exact) mass is 649 g/mol. The summed E-state index contributed by atoms with van der Waals surface area (Å²) in [6.07, 6.45) is 38.7. The average Bonchev–Trinajstić information content (AvgIpc) is 3.03. The maximum atomic E-state index is 11.0. The minimum Gasteiger partial charge on any atom is -0.508 e. The summed E-state index contributed by atoms with van der Waals surface area (Å²) >= 11 is 4.17. The molecule has 0 radical (unpaired) electrons. The van der Waals surface area contributed by atoms with Gasteiger partial charge in [-0.15, -0.1) is 0 Å². The molecule has 1 N–H and O–H groups in total. The van der Waals surface area contributed by atoms with Crippen molar-refractivity contribution in [1.82, 2.24) is 0 Å². The van der Waals surface area contributed by atoms with Crippen LogP contribution in [-0.2, 0) is 17.9 Å². The molecule has 1 nitrogen and oxygen atoms in total. The number of phenols is 1. The lowest BCUT2D eigenvalue weighted by Gasteiger charge is -2.17. The first kappa shape index (κ1) is 41.7. The highest BCUT2D eigenvalue weighted by Crippen LogP contribution is 2.33. The van der Waals surface area contributed by atoms with E-state index in [1.807, 2.05) is 6.07 Å². The number of unbranched alkanes of at least 4 members (excludes halogenated alkanes) is 24. The minimum absolute atomic E-state index is 0.540. The molecule has 1 rings (SSSR count). The number of hydrogen-bond donors (Lipinski definition) is 1. The summed E-state index contributed by atoms with van der Waals surface area (Å²) in [5, 5.41) is 11.0. The van der Waals surface area contributed by atoms with Crippen LogP contribution in [0.2, 0.25) is 0 Å². The first-order chi connectivity index (χ1) is 21.7. The van der Waals surface area contributed by atoms with Crippen LogP contribution in [0.15, 0.2) is 12.1 Å². The molecule has 1 aromatic carbocycles. The Hall–Kier alpha value is -0.280. The number of hydrogen-bond acceptors (Lipinski definition) is 3. The molecule has 258 valence electrons. The van der Waals surface area contributed by atoms with E-state index in [1.165, 1.54) is 208 Å². The van der Waals surface area contributed by atoms with Gasteiger partial charge in [0.05, 0.1) is 0 Å². The van der Waals surface area contributed by atoms with Crippen molar-refractivity contribution in [2.24, 2.45) is 0 Å². The molecule has 0 aliphatic carbocycles. The molecule has 3 heteroatoms. The number of thioether (sulfide) groups is 2. The Morgan fingerprint density at radius 2 is 0.750 bits per heavy atom. The van der Waals surface area contributed by atoms with Crippen molar-refractivity contribution in [2.45, 2.75) is 212 Å². The lowest BCUT2D eigenvalue weighted by molar-refractivity contribution is 0.469. The van der Waals surface area contributed by atoms with Crippen molar-refractivity contribution in [3.05, 3.63) is 28.8 Å². The zero-order chi connectivity index (χ0) is 31.8. The summed E-state index contributed by atoms with van der Waals surface area (Å²) in [4.78, 5) is 0. The van der Waals surface area contributed by atoms with E-state index in [4.69, 9.17) is 0 Å². The molecule has 0 bridgehead atoms. The summed E-state index contributed by atoms with van der Waals surface area (Å²) in [5.41, 5.74) is 4.24. The highest BCUT2D eigenvalue weighted by molar-refractivity contribution is 7.98. The van der Waals surface area contributed by atoms with Gasteiger partial charge in [-0.25, -0.2) is 0 Å². The van der Waals surface area contributed by atoms with Gasteiger partial charge in [0.2, 0.25) is 0 Å². The highest BCUT2D eigenvalue weighted by atomic mass is 32.2. The fraction of sp³-hybridized carbons (Fsp3) is 0.854. The van der Waals surface area contributed by atoms with Crippen LogP contribution >= 0.6 is 23.5 Å². The summed E-state index contributed by atoms with van der Waals surface area (Å²) < 4.78 is 0.